The van der Waals surface area contributed by atoms with E-state index in [1.807, 2.05) is 26.0 Å². The van der Waals surface area contributed by atoms with Gasteiger partial charge in [0.2, 0.25) is 5.91 Å². The van der Waals surface area contributed by atoms with Crippen LogP contribution in [0.2, 0.25) is 0 Å². The van der Waals surface area contributed by atoms with Crippen molar-refractivity contribution in [1.82, 2.24) is 10.0 Å². The number of amides is 1. The summed E-state index contributed by atoms with van der Waals surface area (Å²) in [6.45, 7) is 4.72. The second kappa shape index (κ2) is 13.1. The molecule has 0 bridgehead atoms. The summed E-state index contributed by atoms with van der Waals surface area (Å²) in [5.74, 6) is 0.521. The van der Waals surface area contributed by atoms with E-state index in [4.69, 9.17) is 10.6 Å². The van der Waals surface area contributed by atoms with E-state index in [0.29, 0.717) is 18.9 Å². The van der Waals surface area contributed by atoms with Crippen LogP contribution in [0.5, 0.6) is 0 Å². The summed E-state index contributed by atoms with van der Waals surface area (Å²) in [5, 5.41) is 4.66. The highest BCUT2D eigenvalue weighted by Crippen LogP contribution is 2.22. The summed E-state index contributed by atoms with van der Waals surface area (Å²) >= 11 is 0. The molecule has 7 nitrogen and oxygen atoms in total. The summed E-state index contributed by atoms with van der Waals surface area (Å²) < 4.78 is 0. The van der Waals surface area contributed by atoms with Crippen molar-refractivity contribution in [2.75, 3.05) is 11.9 Å². The van der Waals surface area contributed by atoms with Gasteiger partial charge in [0, 0.05) is 31.0 Å². The molecular weight excluding hydrogens is 366 g/mol. The third-order valence-electron chi connectivity index (χ3n) is 5.06. The van der Waals surface area contributed by atoms with Gasteiger partial charge >= 0.3 is 0 Å². The van der Waals surface area contributed by atoms with Gasteiger partial charge in [0.05, 0.1) is 12.1 Å². The number of pyridine rings is 1. The lowest BCUT2D eigenvalue weighted by Crippen LogP contribution is -2.40. The number of carbonyl (C=O) groups excluding carboxylic acids is 1. The van der Waals surface area contributed by atoms with E-state index in [9.17, 15) is 4.79 Å². The fourth-order valence-corrected chi connectivity index (χ4v) is 3.47. The van der Waals surface area contributed by atoms with E-state index in [1.54, 1.807) is 17.5 Å². The summed E-state index contributed by atoms with van der Waals surface area (Å²) in [4.78, 5) is 26.9. The fourth-order valence-electron chi connectivity index (χ4n) is 3.47. The quantitative estimate of drug-likeness (QED) is 0.249. The lowest BCUT2D eigenvalue weighted by atomic mass is 9.98. The Labute approximate surface area is 175 Å². The molecule has 3 N–H and O–H groups in total. The van der Waals surface area contributed by atoms with E-state index >= 15 is 0 Å². The zero-order valence-corrected chi connectivity index (χ0v) is 18.0. The van der Waals surface area contributed by atoms with Gasteiger partial charge < -0.3 is 11.1 Å². The summed E-state index contributed by atoms with van der Waals surface area (Å²) in [6.07, 6.45) is 13.9. The number of nitrogens with one attached hydrogen (secondary N) is 1. The average Bonchev–Trinajstić information content (AvgIpc) is 2.72. The average molecular weight is 404 g/mol. The van der Waals surface area contributed by atoms with Gasteiger partial charge in [0.15, 0.2) is 5.96 Å². The highest BCUT2D eigenvalue weighted by Gasteiger charge is 2.23. The molecule has 0 spiro atoms. The van der Waals surface area contributed by atoms with Crippen LogP contribution in [-0.4, -0.2) is 40.6 Å². The molecule has 7 heteroatoms. The second-order valence-electron chi connectivity index (χ2n) is 7.97. The molecule has 0 aromatic carbocycles. The van der Waals surface area contributed by atoms with Crippen molar-refractivity contribution < 1.29 is 9.63 Å². The number of rotatable bonds is 11. The Bertz CT molecular complexity index is 615. The standard InChI is InChI=1S/C22H37N5O2/c1-18(2)27(29-20-10-6-5-7-11-20)21(28)12-8-3-4-9-15-25-22(23)26-19-13-16-24-17-14-19/h13-14,16-18,20H,3-12,15H2,1-2H3,(H3,23,24,25,26). The smallest absolute Gasteiger partial charge is 0.246 e. The van der Waals surface area contributed by atoms with Gasteiger partial charge in [-0.15, -0.1) is 0 Å². The number of unbranched alkanes of at least 4 members (excludes halogenated alkanes) is 3. The number of hydrogen-bond acceptors (Lipinski definition) is 4. The maximum Gasteiger partial charge on any atom is 0.246 e. The predicted molar refractivity (Wildman–Crippen MR) is 117 cm³/mol. The zero-order chi connectivity index (χ0) is 20.9. The van der Waals surface area contributed by atoms with Crippen LogP contribution in [0.4, 0.5) is 5.69 Å². The SMILES string of the molecule is CC(C)N(OC1CCCCC1)C(=O)CCCCCCN=C(N)Nc1ccncc1. The highest BCUT2D eigenvalue weighted by molar-refractivity contribution is 5.92. The third kappa shape index (κ3) is 9.26. The lowest BCUT2D eigenvalue weighted by molar-refractivity contribution is -0.222. The van der Waals surface area contributed by atoms with Crippen molar-refractivity contribution in [1.29, 1.82) is 0 Å². The van der Waals surface area contributed by atoms with Gasteiger partial charge in [-0.2, -0.15) is 0 Å². The van der Waals surface area contributed by atoms with E-state index in [1.165, 1.54) is 19.3 Å². The molecule has 1 aliphatic rings. The van der Waals surface area contributed by atoms with E-state index in [-0.39, 0.29) is 18.1 Å². The van der Waals surface area contributed by atoms with Crippen LogP contribution in [0.1, 0.15) is 78.1 Å². The zero-order valence-electron chi connectivity index (χ0n) is 18.0. The predicted octanol–water partition coefficient (Wildman–Crippen LogP) is 4.26. The first-order valence-electron chi connectivity index (χ1n) is 11.0. The number of aromatic nitrogens is 1. The van der Waals surface area contributed by atoms with Crippen LogP contribution in [0.3, 0.4) is 0 Å². The molecule has 1 fully saturated rings. The van der Waals surface area contributed by atoms with Crippen molar-refractivity contribution in [3.8, 4) is 0 Å². The molecule has 1 aliphatic carbocycles. The Balaban J connectivity index is 1.58. The van der Waals surface area contributed by atoms with Crippen LogP contribution in [0, 0.1) is 0 Å². The first-order chi connectivity index (χ1) is 14.1. The van der Waals surface area contributed by atoms with Crippen molar-refractivity contribution in [3.63, 3.8) is 0 Å². The van der Waals surface area contributed by atoms with Crippen LogP contribution in [0.25, 0.3) is 0 Å². The number of aliphatic imine (C=N–C) groups is 1. The molecule has 0 aliphatic heterocycles. The monoisotopic (exact) mass is 403 g/mol. The molecule has 1 amide bonds. The van der Waals surface area contributed by atoms with Gasteiger partial charge in [-0.1, -0.05) is 32.1 Å². The molecule has 1 saturated carbocycles. The highest BCUT2D eigenvalue weighted by atomic mass is 16.7. The minimum absolute atomic E-state index is 0.0784. The first kappa shape index (κ1) is 23.1. The van der Waals surface area contributed by atoms with Gasteiger partial charge in [-0.25, -0.2) is 5.06 Å². The van der Waals surface area contributed by atoms with Crippen molar-refractivity contribution in [2.45, 2.75) is 90.2 Å². The van der Waals surface area contributed by atoms with Gasteiger partial charge in [0.25, 0.3) is 0 Å². The van der Waals surface area contributed by atoms with Crippen molar-refractivity contribution in [3.05, 3.63) is 24.5 Å². The molecule has 1 aromatic rings. The normalized spacial score (nSPS) is 15.5. The molecule has 29 heavy (non-hydrogen) atoms. The number of hydrogen-bond donors (Lipinski definition) is 2. The summed E-state index contributed by atoms with van der Waals surface area (Å²) in [6, 6.07) is 3.77. The van der Waals surface area contributed by atoms with Gasteiger partial charge in [-0.3, -0.25) is 19.6 Å². The number of guanidine groups is 1. The van der Waals surface area contributed by atoms with Crippen LogP contribution in [0.15, 0.2) is 29.5 Å². The molecule has 0 saturated heterocycles. The largest absolute Gasteiger partial charge is 0.370 e. The molecule has 0 atom stereocenters. The van der Waals surface area contributed by atoms with Crippen LogP contribution in [-0.2, 0) is 9.63 Å². The number of nitrogens with zero attached hydrogens (tertiary/aromatic N) is 3. The molecule has 0 unspecified atom stereocenters. The molecular formula is C22H37N5O2. The topological polar surface area (TPSA) is 92.8 Å². The third-order valence-corrected chi connectivity index (χ3v) is 5.06. The summed E-state index contributed by atoms with van der Waals surface area (Å²) in [7, 11) is 0. The minimum atomic E-state index is 0.0784. The number of carbonyl (C=O) groups is 1. The molecule has 1 aromatic heterocycles. The van der Waals surface area contributed by atoms with Crippen LogP contribution < -0.4 is 11.1 Å². The fraction of sp³-hybridized carbons (Fsp3) is 0.682. The maximum atomic E-state index is 12.6. The van der Waals surface area contributed by atoms with E-state index in [2.05, 4.69) is 15.3 Å². The molecule has 0 radical (unpaired) electrons. The number of anilines is 1. The number of nitrogens with two attached hydrogens (primary N) is 1. The second-order valence-corrected chi connectivity index (χ2v) is 7.97. The number of hydroxylamine groups is 2. The first-order valence-corrected chi connectivity index (χ1v) is 11.0. The lowest BCUT2D eigenvalue weighted by Gasteiger charge is -2.32. The minimum Gasteiger partial charge on any atom is -0.370 e. The Morgan fingerprint density at radius 1 is 1.21 bits per heavy atom. The van der Waals surface area contributed by atoms with Crippen molar-refractivity contribution in [2.24, 2.45) is 10.7 Å². The Kier molecular flexibility index (Phi) is 10.5. The van der Waals surface area contributed by atoms with Crippen LogP contribution >= 0.6 is 0 Å². The Hall–Kier alpha value is -2.15. The molecule has 1 heterocycles. The van der Waals surface area contributed by atoms with Gasteiger partial charge in [0.1, 0.15) is 0 Å². The Morgan fingerprint density at radius 2 is 1.90 bits per heavy atom. The molecule has 2 rings (SSSR count). The maximum absolute atomic E-state index is 12.6. The van der Waals surface area contributed by atoms with Crippen molar-refractivity contribution >= 4 is 17.6 Å². The van der Waals surface area contributed by atoms with E-state index in [0.717, 1.165) is 44.2 Å². The molecule has 162 valence electrons. The summed E-state index contributed by atoms with van der Waals surface area (Å²) in [5.41, 5.74) is 6.76. The van der Waals surface area contributed by atoms with E-state index < -0.39 is 0 Å². The Morgan fingerprint density at radius 3 is 2.59 bits per heavy atom. The van der Waals surface area contributed by atoms with Gasteiger partial charge in [-0.05, 0) is 51.7 Å².